The van der Waals surface area contributed by atoms with E-state index >= 15 is 0 Å². The van der Waals surface area contributed by atoms with Gasteiger partial charge >= 0.3 is 0 Å². The van der Waals surface area contributed by atoms with Crippen LogP contribution in [0.5, 0.6) is 5.75 Å². The van der Waals surface area contributed by atoms with Gasteiger partial charge in [-0.2, -0.15) is 0 Å². The number of hydrogen-bond donors (Lipinski definition) is 2. The van der Waals surface area contributed by atoms with Crippen molar-refractivity contribution in [2.45, 2.75) is 26.3 Å². The van der Waals surface area contributed by atoms with Crippen molar-refractivity contribution in [3.8, 4) is 5.75 Å². The SMILES string of the molecule is CN=C(NCCOc1ccc(C(C)C)cc1)NCc1ccco1. The molecule has 1 aromatic heterocycles. The van der Waals surface area contributed by atoms with Crippen molar-refractivity contribution >= 4 is 5.96 Å². The highest BCUT2D eigenvalue weighted by atomic mass is 16.5. The van der Waals surface area contributed by atoms with Crippen molar-refractivity contribution in [1.29, 1.82) is 0 Å². The molecule has 0 fully saturated rings. The summed E-state index contributed by atoms with van der Waals surface area (Å²) in [6.45, 7) is 6.21. The van der Waals surface area contributed by atoms with Crippen LogP contribution in [0.3, 0.4) is 0 Å². The van der Waals surface area contributed by atoms with E-state index in [0.29, 0.717) is 25.6 Å². The Hall–Kier alpha value is -2.43. The molecule has 23 heavy (non-hydrogen) atoms. The summed E-state index contributed by atoms with van der Waals surface area (Å²) >= 11 is 0. The lowest BCUT2D eigenvalue weighted by Crippen LogP contribution is -2.38. The molecule has 1 aromatic carbocycles. The van der Waals surface area contributed by atoms with Gasteiger partial charge in [0.1, 0.15) is 18.1 Å². The van der Waals surface area contributed by atoms with Gasteiger partial charge in [0.15, 0.2) is 5.96 Å². The van der Waals surface area contributed by atoms with E-state index in [-0.39, 0.29) is 0 Å². The molecule has 1 heterocycles. The van der Waals surface area contributed by atoms with Crippen molar-refractivity contribution in [1.82, 2.24) is 10.6 Å². The number of nitrogens with one attached hydrogen (secondary N) is 2. The second-order valence-electron chi connectivity index (χ2n) is 5.50. The molecule has 0 aliphatic carbocycles. The molecule has 5 nitrogen and oxygen atoms in total. The van der Waals surface area contributed by atoms with E-state index < -0.39 is 0 Å². The van der Waals surface area contributed by atoms with Crippen molar-refractivity contribution in [2.75, 3.05) is 20.2 Å². The van der Waals surface area contributed by atoms with Crippen LogP contribution >= 0.6 is 0 Å². The molecule has 0 amide bonds. The monoisotopic (exact) mass is 315 g/mol. The average molecular weight is 315 g/mol. The van der Waals surface area contributed by atoms with Crippen LogP contribution in [0.15, 0.2) is 52.1 Å². The van der Waals surface area contributed by atoms with Gasteiger partial charge in [-0.3, -0.25) is 4.99 Å². The molecule has 0 atom stereocenters. The molecule has 0 unspecified atom stereocenters. The normalized spacial score (nSPS) is 11.6. The van der Waals surface area contributed by atoms with Crippen molar-refractivity contribution in [2.24, 2.45) is 4.99 Å². The fraction of sp³-hybridized carbons (Fsp3) is 0.389. The van der Waals surface area contributed by atoms with Gasteiger partial charge in [0.05, 0.1) is 19.4 Å². The number of benzene rings is 1. The van der Waals surface area contributed by atoms with E-state index in [1.165, 1.54) is 5.56 Å². The summed E-state index contributed by atoms with van der Waals surface area (Å²) in [6, 6.07) is 12.0. The quantitative estimate of drug-likeness (QED) is 0.468. The van der Waals surface area contributed by atoms with Gasteiger partial charge in [0.25, 0.3) is 0 Å². The highest BCUT2D eigenvalue weighted by Crippen LogP contribution is 2.18. The Bertz CT molecular complexity index is 589. The molecular weight excluding hydrogens is 290 g/mol. The third-order valence-electron chi connectivity index (χ3n) is 3.44. The third-order valence-corrected chi connectivity index (χ3v) is 3.44. The van der Waals surface area contributed by atoms with Gasteiger partial charge < -0.3 is 19.8 Å². The summed E-state index contributed by atoms with van der Waals surface area (Å²) in [6.07, 6.45) is 1.66. The highest BCUT2D eigenvalue weighted by Gasteiger charge is 2.01. The zero-order chi connectivity index (χ0) is 16.5. The molecule has 0 aliphatic heterocycles. The summed E-state index contributed by atoms with van der Waals surface area (Å²) in [5, 5.41) is 6.38. The molecule has 5 heteroatoms. The minimum Gasteiger partial charge on any atom is -0.492 e. The Labute approximate surface area is 137 Å². The van der Waals surface area contributed by atoms with Gasteiger partial charge in [-0.15, -0.1) is 0 Å². The van der Waals surface area contributed by atoms with Crippen LogP contribution in [0.1, 0.15) is 31.1 Å². The molecule has 0 bridgehead atoms. The zero-order valence-corrected chi connectivity index (χ0v) is 14.0. The van der Waals surface area contributed by atoms with Crippen LogP contribution < -0.4 is 15.4 Å². The van der Waals surface area contributed by atoms with E-state index in [1.54, 1.807) is 13.3 Å². The Balaban J connectivity index is 1.67. The topological polar surface area (TPSA) is 58.8 Å². The van der Waals surface area contributed by atoms with E-state index in [9.17, 15) is 0 Å². The second kappa shape index (κ2) is 8.88. The van der Waals surface area contributed by atoms with Crippen molar-refractivity contribution in [3.63, 3.8) is 0 Å². The van der Waals surface area contributed by atoms with E-state index in [0.717, 1.165) is 17.5 Å². The first-order valence-electron chi connectivity index (χ1n) is 7.88. The molecule has 2 N–H and O–H groups in total. The van der Waals surface area contributed by atoms with E-state index in [2.05, 4.69) is 41.6 Å². The number of guanidine groups is 1. The van der Waals surface area contributed by atoms with Crippen LogP contribution in [0, 0.1) is 0 Å². The maximum absolute atomic E-state index is 5.72. The van der Waals surface area contributed by atoms with Gasteiger partial charge in [0, 0.05) is 7.05 Å². The van der Waals surface area contributed by atoms with E-state index in [4.69, 9.17) is 9.15 Å². The van der Waals surface area contributed by atoms with Gasteiger partial charge in [-0.25, -0.2) is 0 Å². The summed E-state index contributed by atoms with van der Waals surface area (Å²) in [5.41, 5.74) is 1.32. The first kappa shape index (κ1) is 16.9. The predicted molar refractivity (Wildman–Crippen MR) is 92.9 cm³/mol. The number of rotatable bonds is 7. The first-order valence-corrected chi connectivity index (χ1v) is 7.88. The first-order chi connectivity index (χ1) is 11.2. The minimum absolute atomic E-state index is 0.536. The third kappa shape index (κ3) is 5.70. The van der Waals surface area contributed by atoms with Crippen LogP contribution in [0.4, 0.5) is 0 Å². The lowest BCUT2D eigenvalue weighted by atomic mass is 10.0. The minimum atomic E-state index is 0.536. The Morgan fingerprint density at radius 2 is 1.96 bits per heavy atom. The Morgan fingerprint density at radius 1 is 1.17 bits per heavy atom. The average Bonchev–Trinajstić information content (AvgIpc) is 3.08. The number of nitrogens with zero attached hydrogens (tertiary/aromatic N) is 1. The molecule has 0 aliphatic rings. The second-order valence-corrected chi connectivity index (χ2v) is 5.50. The maximum Gasteiger partial charge on any atom is 0.191 e. The lowest BCUT2D eigenvalue weighted by molar-refractivity contribution is 0.321. The maximum atomic E-state index is 5.72. The Morgan fingerprint density at radius 3 is 2.57 bits per heavy atom. The summed E-state index contributed by atoms with van der Waals surface area (Å²) in [5.74, 6) is 3.01. The number of furan rings is 1. The summed E-state index contributed by atoms with van der Waals surface area (Å²) in [4.78, 5) is 4.16. The standard InChI is InChI=1S/C18H25N3O2/c1-14(2)15-6-8-16(9-7-15)23-12-10-20-18(19-3)21-13-17-5-4-11-22-17/h4-9,11,14H,10,12-13H2,1-3H3,(H2,19,20,21). The molecule has 0 spiro atoms. The van der Waals surface area contributed by atoms with Crippen LogP contribution in [0.2, 0.25) is 0 Å². The molecule has 0 radical (unpaired) electrons. The van der Waals surface area contributed by atoms with Gasteiger partial charge in [-0.1, -0.05) is 26.0 Å². The number of aliphatic imine (C=N–C) groups is 1. The number of hydrogen-bond acceptors (Lipinski definition) is 3. The summed E-state index contributed by atoms with van der Waals surface area (Å²) < 4.78 is 11.0. The van der Waals surface area contributed by atoms with Crippen molar-refractivity contribution < 1.29 is 9.15 Å². The van der Waals surface area contributed by atoms with Crippen LogP contribution in [-0.2, 0) is 6.54 Å². The number of ether oxygens (including phenoxy) is 1. The molecular formula is C18H25N3O2. The molecule has 0 saturated heterocycles. The predicted octanol–water partition coefficient (Wildman–Crippen LogP) is 3.15. The smallest absolute Gasteiger partial charge is 0.191 e. The van der Waals surface area contributed by atoms with Crippen LogP contribution in [0.25, 0.3) is 0 Å². The summed E-state index contributed by atoms with van der Waals surface area (Å²) in [7, 11) is 1.74. The molecule has 124 valence electrons. The Kier molecular flexibility index (Phi) is 6.54. The molecule has 2 rings (SSSR count). The fourth-order valence-corrected chi connectivity index (χ4v) is 2.09. The van der Waals surface area contributed by atoms with E-state index in [1.807, 2.05) is 24.3 Å². The van der Waals surface area contributed by atoms with Crippen molar-refractivity contribution in [3.05, 3.63) is 54.0 Å². The molecule has 2 aromatic rings. The largest absolute Gasteiger partial charge is 0.492 e. The molecule has 0 saturated carbocycles. The van der Waals surface area contributed by atoms with Crippen LogP contribution in [-0.4, -0.2) is 26.2 Å². The zero-order valence-electron chi connectivity index (χ0n) is 14.0. The van der Waals surface area contributed by atoms with Gasteiger partial charge in [0.2, 0.25) is 0 Å². The fourth-order valence-electron chi connectivity index (χ4n) is 2.09. The van der Waals surface area contributed by atoms with Gasteiger partial charge in [-0.05, 0) is 35.7 Å². The highest BCUT2D eigenvalue weighted by molar-refractivity contribution is 5.79. The lowest BCUT2D eigenvalue weighted by Gasteiger charge is -2.12.